The van der Waals surface area contributed by atoms with Gasteiger partial charge in [0, 0.05) is 13.6 Å². The first-order chi connectivity index (χ1) is 7.42. The predicted molar refractivity (Wildman–Crippen MR) is 61.6 cm³/mol. The molecule has 0 aliphatic carbocycles. The average Bonchev–Trinajstić information content (AvgIpc) is 2.59. The Kier molecular flexibility index (Phi) is 4.43. The van der Waals surface area contributed by atoms with Gasteiger partial charge in [-0.2, -0.15) is 5.10 Å². The minimum atomic E-state index is -2.96. The van der Waals surface area contributed by atoms with Crippen molar-refractivity contribution in [2.24, 2.45) is 7.05 Å². The summed E-state index contributed by atoms with van der Waals surface area (Å²) in [4.78, 5) is 4.02. The normalized spacial score (nSPS) is 12.2. The molecule has 0 spiro atoms. The van der Waals surface area contributed by atoms with Crippen LogP contribution in [0.25, 0.3) is 0 Å². The van der Waals surface area contributed by atoms with Crippen molar-refractivity contribution in [1.29, 1.82) is 0 Å². The molecule has 1 rings (SSSR count). The summed E-state index contributed by atoms with van der Waals surface area (Å²) in [6, 6.07) is 0. The quantitative estimate of drug-likeness (QED) is 0.699. The van der Waals surface area contributed by atoms with Crippen LogP contribution in [-0.2, 0) is 23.4 Å². The highest BCUT2D eigenvalue weighted by Gasteiger charge is 2.14. The van der Waals surface area contributed by atoms with E-state index in [0.29, 0.717) is 18.9 Å². The zero-order chi connectivity index (χ0) is 12.2. The van der Waals surface area contributed by atoms with Gasteiger partial charge in [-0.15, -0.1) is 0 Å². The molecule has 0 unspecified atom stereocenters. The molecule has 1 N–H and O–H groups in total. The van der Waals surface area contributed by atoms with Crippen molar-refractivity contribution in [3.05, 3.63) is 12.2 Å². The molecule has 7 heteroatoms. The SMILES string of the molecule is CC(C)S(=O)(=O)CCNCc1ncn(C)n1. The van der Waals surface area contributed by atoms with Gasteiger partial charge >= 0.3 is 0 Å². The maximum Gasteiger partial charge on any atom is 0.164 e. The Morgan fingerprint density at radius 1 is 1.50 bits per heavy atom. The third kappa shape index (κ3) is 3.90. The second-order valence-corrected chi connectivity index (χ2v) is 6.60. The molecule has 92 valence electrons. The molecule has 0 aromatic carbocycles. The van der Waals surface area contributed by atoms with E-state index in [1.54, 1.807) is 31.9 Å². The van der Waals surface area contributed by atoms with Crippen molar-refractivity contribution in [1.82, 2.24) is 20.1 Å². The summed E-state index contributed by atoms with van der Waals surface area (Å²) in [5, 5.41) is 6.76. The van der Waals surface area contributed by atoms with Crippen molar-refractivity contribution in [3.8, 4) is 0 Å². The van der Waals surface area contributed by atoms with E-state index in [1.807, 2.05) is 0 Å². The molecule has 0 saturated heterocycles. The minimum Gasteiger partial charge on any atom is -0.309 e. The molecule has 0 aliphatic heterocycles. The van der Waals surface area contributed by atoms with Gasteiger partial charge in [0.15, 0.2) is 15.7 Å². The van der Waals surface area contributed by atoms with Gasteiger partial charge in [0.2, 0.25) is 0 Å². The molecule has 1 aromatic heterocycles. The number of rotatable bonds is 6. The predicted octanol–water partition coefficient (Wildman–Crippen LogP) is -0.272. The molecule has 0 saturated carbocycles. The van der Waals surface area contributed by atoms with Crippen LogP contribution in [0.2, 0.25) is 0 Å². The van der Waals surface area contributed by atoms with Crippen LogP contribution in [0.15, 0.2) is 6.33 Å². The summed E-state index contributed by atoms with van der Waals surface area (Å²) >= 11 is 0. The molecule has 0 amide bonds. The van der Waals surface area contributed by atoms with Gasteiger partial charge in [0.25, 0.3) is 0 Å². The van der Waals surface area contributed by atoms with E-state index in [9.17, 15) is 8.42 Å². The summed E-state index contributed by atoms with van der Waals surface area (Å²) in [6.45, 7) is 4.30. The smallest absolute Gasteiger partial charge is 0.164 e. The van der Waals surface area contributed by atoms with E-state index < -0.39 is 9.84 Å². The van der Waals surface area contributed by atoms with Crippen molar-refractivity contribution >= 4 is 9.84 Å². The lowest BCUT2D eigenvalue weighted by molar-refractivity contribution is 0.580. The van der Waals surface area contributed by atoms with Crippen LogP contribution in [0.5, 0.6) is 0 Å². The molecule has 1 aromatic rings. The molecule has 6 nitrogen and oxygen atoms in total. The highest BCUT2D eigenvalue weighted by atomic mass is 32.2. The van der Waals surface area contributed by atoms with Crippen molar-refractivity contribution in [2.45, 2.75) is 25.6 Å². The lowest BCUT2D eigenvalue weighted by Crippen LogP contribution is -2.27. The Balaban J connectivity index is 2.27. The third-order valence-electron chi connectivity index (χ3n) is 2.21. The second kappa shape index (κ2) is 5.40. The molecular formula is C9H18N4O2S. The molecule has 0 aliphatic rings. The van der Waals surface area contributed by atoms with Crippen molar-refractivity contribution in [3.63, 3.8) is 0 Å². The number of hydrogen-bond donors (Lipinski definition) is 1. The van der Waals surface area contributed by atoms with Gasteiger partial charge in [0.05, 0.1) is 17.5 Å². The van der Waals surface area contributed by atoms with E-state index in [2.05, 4.69) is 15.4 Å². The lowest BCUT2D eigenvalue weighted by atomic mass is 10.6. The highest BCUT2D eigenvalue weighted by Crippen LogP contribution is 1.99. The Labute approximate surface area is 96.0 Å². The van der Waals surface area contributed by atoms with E-state index in [1.165, 1.54) is 0 Å². The Morgan fingerprint density at radius 3 is 2.69 bits per heavy atom. The summed E-state index contributed by atoms with van der Waals surface area (Å²) in [6.07, 6.45) is 1.61. The summed E-state index contributed by atoms with van der Waals surface area (Å²) < 4.78 is 24.6. The molecule has 1 heterocycles. The van der Waals surface area contributed by atoms with Gasteiger partial charge in [-0.1, -0.05) is 0 Å². The summed E-state index contributed by atoms with van der Waals surface area (Å²) in [5.41, 5.74) is 0. The van der Waals surface area contributed by atoms with Gasteiger partial charge in [-0.3, -0.25) is 4.68 Å². The molecule has 0 atom stereocenters. The van der Waals surface area contributed by atoms with Crippen molar-refractivity contribution < 1.29 is 8.42 Å². The summed E-state index contributed by atoms with van der Waals surface area (Å²) in [7, 11) is -1.16. The van der Waals surface area contributed by atoms with Gasteiger partial charge < -0.3 is 5.32 Å². The number of hydrogen-bond acceptors (Lipinski definition) is 5. The fourth-order valence-electron chi connectivity index (χ4n) is 1.12. The third-order valence-corrected chi connectivity index (χ3v) is 4.42. The first kappa shape index (κ1) is 13.1. The lowest BCUT2D eigenvalue weighted by Gasteiger charge is -2.07. The Hall–Kier alpha value is -0.950. The van der Waals surface area contributed by atoms with Crippen LogP contribution in [0.3, 0.4) is 0 Å². The number of nitrogens with one attached hydrogen (secondary N) is 1. The minimum absolute atomic E-state index is 0.150. The molecule has 0 bridgehead atoms. The molecule has 0 radical (unpaired) electrons. The Morgan fingerprint density at radius 2 is 2.19 bits per heavy atom. The van der Waals surface area contributed by atoms with Gasteiger partial charge in [-0.05, 0) is 13.8 Å². The van der Waals surface area contributed by atoms with E-state index >= 15 is 0 Å². The number of aromatic nitrogens is 3. The second-order valence-electron chi connectivity index (χ2n) is 3.93. The monoisotopic (exact) mass is 246 g/mol. The zero-order valence-electron chi connectivity index (χ0n) is 9.84. The molecular weight excluding hydrogens is 228 g/mol. The summed E-state index contributed by atoms with van der Waals surface area (Å²) in [5.74, 6) is 0.821. The van der Waals surface area contributed by atoms with E-state index in [-0.39, 0.29) is 11.0 Å². The highest BCUT2D eigenvalue weighted by molar-refractivity contribution is 7.92. The molecule has 16 heavy (non-hydrogen) atoms. The van der Waals surface area contributed by atoms with E-state index in [0.717, 1.165) is 0 Å². The number of sulfone groups is 1. The maximum absolute atomic E-state index is 11.5. The standard InChI is InChI=1S/C9H18N4O2S/c1-8(2)16(14,15)5-4-10-6-9-11-7-13(3)12-9/h7-8,10H,4-6H2,1-3H3. The van der Waals surface area contributed by atoms with E-state index in [4.69, 9.17) is 0 Å². The van der Waals surface area contributed by atoms with Crippen LogP contribution in [-0.4, -0.2) is 40.7 Å². The first-order valence-corrected chi connectivity index (χ1v) is 6.90. The Bertz CT molecular complexity index is 424. The molecule has 0 fully saturated rings. The van der Waals surface area contributed by atoms with Gasteiger partial charge in [-0.25, -0.2) is 13.4 Å². The topological polar surface area (TPSA) is 76.9 Å². The fourth-order valence-corrected chi connectivity index (χ4v) is 2.02. The van der Waals surface area contributed by atoms with Crippen LogP contribution in [0, 0.1) is 0 Å². The zero-order valence-corrected chi connectivity index (χ0v) is 10.7. The first-order valence-electron chi connectivity index (χ1n) is 5.18. The average molecular weight is 246 g/mol. The largest absolute Gasteiger partial charge is 0.309 e. The number of aryl methyl sites for hydroxylation is 1. The number of nitrogens with zero attached hydrogens (tertiary/aromatic N) is 3. The van der Waals surface area contributed by atoms with Crippen LogP contribution in [0.4, 0.5) is 0 Å². The fraction of sp³-hybridized carbons (Fsp3) is 0.778. The maximum atomic E-state index is 11.5. The van der Waals surface area contributed by atoms with Gasteiger partial charge in [0.1, 0.15) is 6.33 Å². The van der Waals surface area contributed by atoms with Crippen LogP contribution >= 0.6 is 0 Å². The van der Waals surface area contributed by atoms with Crippen molar-refractivity contribution in [2.75, 3.05) is 12.3 Å². The van der Waals surface area contributed by atoms with Crippen LogP contribution < -0.4 is 5.32 Å². The van der Waals surface area contributed by atoms with Crippen LogP contribution in [0.1, 0.15) is 19.7 Å².